The molecule has 1 aromatic heterocycles. The van der Waals surface area contributed by atoms with E-state index in [1.54, 1.807) is 41.1 Å². The zero-order valence-corrected chi connectivity index (χ0v) is 15.7. The summed E-state index contributed by atoms with van der Waals surface area (Å²) >= 11 is 12.2. The minimum atomic E-state index is -1.01. The molecule has 0 saturated heterocycles. The first-order chi connectivity index (χ1) is 12.5. The molecule has 1 atom stereocenters. The number of rotatable bonds is 3. The van der Waals surface area contributed by atoms with Gasteiger partial charge in [-0.1, -0.05) is 41.4 Å². The van der Waals surface area contributed by atoms with Crippen molar-refractivity contribution in [3.63, 3.8) is 0 Å². The predicted molar refractivity (Wildman–Crippen MR) is 104 cm³/mol. The van der Waals surface area contributed by atoms with Gasteiger partial charge in [-0.05, 0) is 30.3 Å². The van der Waals surface area contributed by atoms with E-state index in [0.717, 1.165) is 11.3 Å². The van der Waals surface area contributed by atoms with Crippen LogP contribution in [0.5, 0.6) is 0 Å². The van der Waals surface area contributed by atoms with Gasteiger partial charge in [0.05, 0.1) is 33.5 Å². The van der Waals surface area contributed by atoms with Crippen LogP contribution in [0, 0.1) is 0 Å². The molecular formula is C18H13Cl2N3O2S. The minimum absolute atomic E-state index is 0.348. The second-order valence-corrected chi connectivity index (χ2v) is 8.13. The standard InChI is InChI=1S/C18H13Cl2N3O2S/c19-11-4-3-5-12(8-11)23-17(14-9-26(25)10-16(14)22-23)21-18(24)13-6-1-2-7-15(13)20/h1-8H,9-10H2,(H,21,24)/t26-/m1/s1. The van der Waals surface area contributed by atoms with Crippen LogP contribution >= 0.6 is 23.2 Å². The molecule has 0 spiro atoms. The Kier molecular flexibility index (Phi) is 4.56. The van der Waals surface area contributed by atoms with E-state index in [2.05, 4.69) is 10.4 Å². The molecule has 2 aromatic carbocycles. The van der Waals surface area contributed by atoms with Gasteiger partial charge >= 0.3 is 0 Å². The van der Waals surface area contributed by atoms with Crippen LogP contribution in [-0.4, -0.2) is 19.9 Å². The van der Waals surface area contributed by atoms with E-state index in [1.165, 1.54) is 0 Å². The Bertz CT molecular complexity index is 1050. The Hall–Kier alpha value is -2.15. The summed E-state index contributed by atoms with van der Waals surface area (Å²) in [7, 11) is -1.01. The van der Waals surface area contributed by atoms with E-state index < -0.39 is 10.8 Å². The lowest BCUT2D eigenvalue weighted by molar-refractivity contribution is 0.102. The zero-order chi connectivity index (χ0) is 18.3. The fourth-order valence-corrected chi connectivity index (χ4v) is 4.54. The summed E-state index contributed by atoms with van der Waals surface area (Å²) in [5.74, 6) is 0.878. The lowest BCUT2D eigenvalue weighted by atomic mass is 10.2. The summed E-state index contributed by atoms with van der Waals surface area (Å²) in [6.45, 7) is 0. The molecule has 26 heavy (non-hydrogen) atoms. The van der Waals surface area contributed by atoms with Gasteiger partial charge in [-0.2, -0.15) is 5.10 Å². The minimum Gasteiger partial charge on any atom is -0.306 e. The highest BCUT2D eigenvalue weighted by atomic mass is 35.5. The maximum atomic E-state index is 12.7. The van der Waals surface area contributed by atoms with Crippen molar-refractivity contribution in [2.24, 2.45) is 0 Å². The molecule has 0 bridgehead atoms. The number of amides is 1. The van der Waals surface area contributed by atoms with Crippen molar-refractivity contribution >= 4 is 45.7 Å². The number of hydrogen-bond donors (Lipinski definition) is 1. The Morgan fingerprint density at radius 2 is 1.92 bits per heavy atom. The highest BCUT2D eigenvalue weighted by Crippen LogP contribution is 2.32. The van der Waals surface area contributed by atoms with Crippen LogP contribution in [0.3, 0.4) is 0 Å². The molecule has 0 saturated carbocycles. The summed E-state index contributed by atoms with van der Waals surface area (Å²) in [5.41, 5.74) is 2.58. The summed E-state index contributed by atoms with van der Waals surface area (Å²) < 4.78 is 13.6. The zero-order valence-electron chi connectivity index (χ0n) is 13.4. The van der Waals surface area contributed by atoms with Crippen LogP contribution in [-0.2, 0) is 22.3 Å². The molecule has 1 N–H and O–H groups in total. The van der Waals surface area contributed by atoms with Crippen molar-refractivity contribution in [2.45, 2.75) is 11.5 Å². The smallest absolute Gasteiger partial charge is 0.258 e. The second kappa shape index (κ2) is 6.87. The molecule has 8 heteroatoms. The first kappa shape index (κ1) is 17.3. The molecule has 2 heterocycles. The number of nitrogens with one attached hydrogen (secondary N) is 1. The van der Waals surface area contributed by atoms with Crippen LogP contribution in [0.25, 0.3) is 5.69 Å². The molecule has 4 rings (SSSR count). The third-order valence-electron chi connectivity index (χ3n) is 4.07. The number of anilines is 1. The van der Waals surface area contributed by atoms with Crippen LogP contribution in [0.1, 0.15) is 21.6 Å². The second-order valence-electron chi connectivity index (χ2n) is 5.83. The number of carbonyl (C=O) groups excluding carboxylic acids is 1. The third-order valence-corrected chi connectivity index (χ3v) is 5.84. The lowest BCUT2D eigenvalue weighted by Gasteiger charge is -2.12. The number of halogens is 2. The van der Waals surface area contributed by atoms with Gasteiger partial charge in [0.2, 0.25) is 0 Å². The number of nitrogens with zero attached hydrogens (tertiary/aromatic N) is 2. The summed E-state index contributed by atoms with van der Waals surface area (Å²) in [6.07, 6.45) is 0. The van der Waals surface area contributed by atoms with E-state index in [-0.39, 0.29) is 5.91 Å². The van der Waals surface area contributed by atoms with Crippen LogP contribution in [0.2, 0.25) is 10.0 Å². The van der Waals surface area contributed by atoms with Crippen LogP contribution in [0.4, 0.5) is 5.82 Å². The topological polar surface area (TPSA) is 64.0 Å². The van der Waals surface area contributed by atoms with Gasteiger partial charge in [-0.3, -0.25) is 9.00 Å². The number of hydrogen-bond acceptors (Lipinski definition) is 3. The average molecular weight is 406 g/mol. The van der Waals surface area contributed by atoms with Crippen LogP contribution < -0.4 is 5.32 Å². The van der Waals surface area contributed by atoms with Gasteiger partial charge < -0.3 is 5.32 Å². The lowest BCUT2D eigenvalue weighted by Crippen LogP contribution is -2.17. The van der Waals surface area contributed by atoms with Gasteiger partial charge in [0, 0.05) is 21.4 Å². The van der Waals surface area contributed by atoms with Crippen molar-refractivity contribution < 1.29 is 9.00 Å². The Balaban J connectivity index is 1.78. The van der Waals surface area contributed by atoms with Crippen molar-refractivity contribution in [1.29, 1.82) is 0 Å². The summed E-state index contributed by atoms with van der Waals surface area (Å²) in [4.78, 5) is 12.7. The molecule has 0 radical (unpaired) electrons. The van der Waals surface area contributed by atoms with Gasteiger partial charge in [0.25, 0.3) is 5.91 Å². The van der Waals surface area contributed by atoms with Crippen molar-refractivity contribution in [1.82, 2.24) is 9.78 Å². The molecule has 1 amide bonds. The van der Waals surface area contributed by atoms with Gasteiger partial charge in [-0.15, -0.1) is 0 Å². The maximum Gasteiger partial charge on any atom is 0.258 e. The monoisotopic (exact) mass is 405 g/mol. The number of fused-ring (bicyclic) bond motifs is 1. The quantitative estimate of drug-likeness (QED) is 0.710. The normalized spacial score (nSPS) is 15.7. The molecule has 5 nitrogen and oxygen atoms in total. The van der Waals surface area contributed by atoms with Crippen LogP contribution in [0.15, 0.2) is 48.5 Å². The third kappa shape index (κ3) is 3.16. The Morgan fingerprint density at radius 1 is 1.12 bits per heavy atom. The molecule has 1 aliphatic heterocycles. The molecule has 0 fully saturated rings. The summed E-state index contributed by atoms with van der Waals surface area (Å²) in [6, 6.07) is 14.0. The predicted octanol–water partition coefficient (Wildman–Crippen LogP) is 4.19. The van der Waals surface area contributed by atoms with Gasteiger partial charge in [0.1, 0.15) is 5.82 Å². The molecule has 0 aliphatic carbocycles. The molecule has 132 valence electrons. The maximum absolute atomic E-state index is 12.7. The van der Waals surface area contributed by atoms with Gasteiger partial charge in [0.15, 0.2) is 0 Å². The van der Waals surface area contributed by atoms with Crippen molar-refractivity contribution in [2.75, 3.05) is 5.32 Å². The largest absolute Gasteiger partial charge is 0.306 e. The van der Waals surface area contributed by atoms with Gasteiger partial charge in [-0.25, -0.2) is 4.68 Å². The molecule has 3 aromatic rings. The Labute approximate surface area is 162 Å². The molecular weight excluding hydrogens is 393 g/mol. The average Bonchev–Trinajstić information content (AvgIpc) is 3.12. The highest BCUT2D eigenvalue weighted by Gasteiger charge is 2.28. The SMILES string of the molecule is O=C(Nc1c2c(nn1-c1cccc(Cl)c1)C[S@](=O)C2)c1ccccc1Cl. The summed E-state index contributed by atoms with van der Waals surface area (Å²) in [5, 5.41) is 8.35. The van der Waals surface area contributed by atoms with E-state index in [0.29, 0.717) is 38.6 Å². The molecule has 0 unspecified atom stereocenters. The molecule has 1 aliphatic rings. The number of carbonyl (C=O) groups is 1. The fraction of sp³-hybridized carbons (Fsp3) is 0.111. The fourth-order valence-electron chi connectivity index (χ4n) is 2.87. The first-order valence-electron chi connectivity index (χ1n) is 7.80. The first-order valence-corrected chi connectivity index (χ1v) is 10.0. The number of aromatic nitrogens is 2. The van der Waals surface area contributed by atoms with E-state index in [4.69, 9.17) is 23.2 Å². The number of benzene rings is 2. The van der Waals surface area contributed by atoms with Crippen molar-refractivity contribution in [3.05, 3.63) is 75.4 Å². The van der Waals surface area contributed by atoms with E-state index in [9.17, 15) is 9.00 Å². The van der Waals surface area contributed by atoms with E-state index in [1.807, 2.05) is 12.1 Å². The Morgan fingerprint density at radius 3 is 2.69 bits per heavy atom. The highest BCUT2D eigenvalue weighted by molar-refractivity contribution is 7.83. The van der Waals surface area contributed by atoms with Crippen molar-refractivity contribution in [3.8, 4) is 5.69 Å². The van der Waals surface area contributed by atoms with E-state index >= 15 is 0 Å².